The molecule has 10 heteroatoms. The number of amides is 1. The van der Waals surface area contributed by atoms with Crippen molar-refractivity contribution in [3.05, 3.63) is 58.4 Å². The standard InChI is InChI=1S/C15H10ClF3N2O3S/c16-11-5-9(4-10(6-11)15(17,18)19)7-21(14(23)24)25-13-2-1-3-20-12(13)8-22/h1-6,8H,7H2,(H,23,24). The Balaban J connectivity index is 2.30. The summed E-state index contributed by atoms with van der Waals surface area (Å²) in [5.74, 6) is 0. The Kier molecular flexibility index (Phi) is 5.91. The molecule has 0 atom stereocenters. The van der Waals surface area contributed by atoms with Gasteiger partial charge in [0.2, 0.25) is 0 Å². The Morgan fingerprint density at radius 1 is 1.36 bits per heavy atom. The van der Waals surface area contributed by atoms with Gasteiger partial charge in [-0.15, -0.1) is 0 Å². The van der Waals surface area contributed by atoms with Crippen LogP contribution in [0, 0.1) is 0 Å². The third-order valence-corrected chi connectivity index (χ3v) is 4.21. The van der Waals surface area contributed by atoms with Gasteiger partial charge in [-0.3, -0.25) is 9.78 Å². The lowest BCUT2D eigenvalue weighted by molar-refractivity contribution is -0.137. The van der Waals surface area contributed by atoms with Crippen LogP contribution in [0.3, 0.4) is 0 Å². The second-order valence-electron chi connectivity index (χ2n) is 4.76. The van der Waals surface area contributed by atoms with Crippen molar-refractivity contribution < 1.29 is 27.9 Å². The number of carbonyl (C=O) groups excluding carboxylic acids is 1. The van der Waals surface area contributed by atoms with Gasteiger partial charge in [0.25, 0.3) is 0 Å². The summed E-state index contributed by atoms with van der Waals surface area (Å²) in [6.45, 7) is -0.364. The van der Waals surface area contributed by atoms with Gasteiger partial charge >= 0.3 is 12.3 Å². The van der Waals surface area contributed by atoms with Crippen molar-refractivity contribution in [3.8, 4) is 0 Å². The fourth-order valence-corrected chi connectivity index (χ4v) is 3.02. The molecule has 132 valence electrons. The lowest BCUT2D eigenvalue weighted by atomic mass is 10.1. The number of hydrogen-bond acceptors (Lipinski definition) is 4. The molecule has 0 saturated heterocycles. The predicted molar refractivity (Wildman–Crippen MR) is 85.5 cm³/mol. The van der Waals surface area contributed by atoms with Crippen LogP contribution < -0.4 is 0 Å². The van der Waals surface area contributed by atoms with E-state index in [2.05, 4.69) is 4.98 Å². The Morgan fingerprint density at radius 2 is 2.08 bits per heavy atom. The van der Waals surface area contributed by atoms with E-state index < -0.39 is 17.8 Å². The zero-order valence-corrected chi connectivity index (χ0v) is 13.9. The molecule has 2 rings (SSSR count). The zero-order chi connectivity index (χ0) is 18.6. The molecular formula is C15H10ClF3N2O3S. The number of carboxylic acid groups (broad SMARTS) is 1. The molecule has 0 aliphatic rings. The zero-order valence-electron chi connectivity index (χ0n) is 12.3. The number of hydrogen-bond donors (Lipinski definition) is 1. The molecule has 0 fully saturated rings. The summed E-state index contributed by atoms with van der Waals surface area (Å²) in [5.41, 5.74) is -0.882. The van der Waals surface area contributed by atoms with Crippen molar-refractivity contribution in [3.63, 3.8) is 0 Å². The molecule has 25 heavy (non-hydrogen) atoms. The summed E-state index contributed by atoms with van der Waals surface area (Å²) >= 11 is 6.38. The van der Waals surface area contributed by atoms with E-state index in [1.165, 1.54) is 24.4 Å². The highest BCUT2D eigenvalue weighted by molar-refractivity contribution is 7.97. The lowest BCUT2D eigenvalue weighted by Crippen LogP contribution is -2.22. The molecule has 1 N–H and O–H groups in total. The van der Waals surface area contributed by atoms with Crippen LogP contribution in [0.15, 0.2) is 41.4 Å². The maximum absolute atomic E-state index is 12.8. The van der Waals surface area contributed by atoms with Crippen molar-refractivity contribution in [1.82, 2.24) is 9.29 Å². The average molecular weight is 391 g/mol. The summed E-state index contributed by atoms with van der Waals surface area (Å²) in [5, 5.41) is 9.14. The normalized spacial score (nSPS) is 11.2. The molecule has 0 saturated carbocycles. The van der Waals surface area contributed by atoms with E-state index in [0.29, 0.717) is 18.2 Å². The molecule has 0 spiro atoms. The number of nitrogens with zero attached hydrogens (tertiary/aromatic N) is 2. The van der Waals surface area contributed by atoms with Crippen LogP contribution in [-0.4, -0.2) is 26.8 Å². The van der Waals surface area contributed by atoms with E-state index >= 15 is 0 Å². The smallest absolute Gasteiger partial charge is 0.418 e. The molecule has 0 aliphatic carbocycles. The fraction of sp³-hybridized carbons (Fsp3) is 0.133. The van der Waals surface area contributed by atoms with E-state index in [1.807, 2.05) is 0 Å². The predicted octanol–water partition coefficient (Wildman–Crippen LogP) is 4.75. The second-order valence-corrected chi connectivity index (χ2v) is 6.26. The average Bonchev–Trinajstić information content (AvgIpc) is 2.53. The van der Waals surface area contributed by atoms with Crippen molar-refractivity contribution >= 4 is 35.9 Å². The van der Waals surface area contributed by atoms with Crippen LogP contribution in [-0.2, 0) is 12.7 Å². The van der Waals surface area contributed by atoms with Gasteiger partial charge in [-0.25, -0.2) is 9.10 Å². The van der Waals surface area contributed by atoms with Gasteiger partial charge in [0, 0.05) is 11.2 Å². The van der Waals surface area contributed by atoms with Crippen LogP contribution in [0.1, 0.15) is 21.6 Å². The highest BCUT2D eigenvalue weighted by atomic mass is 35.5. The third kappa shape index (κ3) is 5.10. The number of benzene rings is 1. The number of aldehydes is 1. The van der Waals surface area contributed by atoms with Crippen molar-refractivity contribution in [1.29, 1.82) is 0 Å². The molecule has 0 aliphatic heterocycles. The van der Waals surface area contributed by atoms with E-state index in [-0.39, 0.29) is 27.7 Å². The first-order chi connectivity index (χ1) is 11.7. The Labute approximate surface area is 149 Å². The molecule has 1 aromatic heterocycles. The first kappa shape index (κ1) is 19.1. The molecule has 0 bridgehead atoms. The molecule has 2 aromatic rings. The highest BCUT2D eigenvalue weighted by Gasteiger charge is 2.31. The van der Waals surface area contributed by atoms with Crippen molar-refractivity contribution in [2.75, 3.05) is 0 Å². The van der Waals surface area contributed by atoms with Crippen molar-refractivity contribution in [2.24, 2.45) is 0 Å². The van der Waals surface area contributed by atoms with Crippen LogP contribution >= 0.6 is 23.5 Å². The number of alkyl halides is 3. The SMILES string of the molecule is O=Cc1ncccc1SN(Cc1cc(Cl)cc(C(F)(F)F)c1)C(=O)O. The van der Waals surface area contributed by atoms with Gasteiger partial charge in [-0.1, -0.05) is 11.6 Å². The van der Waals surface area contributed by atoms with Crippen LogP contribution in [0.5, 0.6) is 0 Å². The van der Waals surface area contributed by atoms with Gasteiger partial charge in [0.15, 0.2) is 6.29 Å². The first-order valence-electron chi connectivity index (χ1n) is 6.66. The van der Waals surface area contributed by atoms with Crippen LogP contribution in [0.2, 0.25) is 5.02 Å². The van der Waals surface area contributed by atoms with Crippen LogP contribution in [0.25, 0.3) is 0 Å². The van der Waals surface area contributed by atoms with E-state index in [1.54, 1.807) is 0 Å². The topological polar surface area (TPSA) is 70.5 Å². The third-order valence-electron chi connectivity index (χ3n) is 2.94. The second kappa shape index (κ2) is 7.75. The van der Waals surface area contributed by atoms with Gasteiger partial charge in [-0.2, -0.15) is 13.2 Å². The number of halogens is 4. The minimum atomic E-state index is -4.60. The van der Waals surface area contributed by atoms with E-state index in [9.17, 15) is 27.9 Å². The van der Waals surface area contributed by atoms with Gasteiger partial charge in [0.1, 0.15) is 5.69 Å². The maximum atomic E-state index is 12.8. The molecule has 5 nitrogen and oxygen atoms in total. The van der Waals surface area contributed by atoms with E-state index in [4.69, 9.17) is 11.6 Å². The monoisotopic (exact) mass is 390 g/mol. The van der Waals surface area contributed by atoms with E-state index in [0.717, 1.165) is 16.4 Å². The molecule has 0 unspecified atom stereocenters. The number of rotatable bonds is 5. The summed E-state index contributed by atoms with van der Waals surface area (Å²) in [6.07, 6.45) is -4.16. The highest BCUT2D eigenvalue weighted by Crippen LogP contribution is 2.33. The fourth-order valence-electron chi connectivity index (χ4n) is 1.90. The number of pyridine rings is 1. The van der Waals surface area contributed by atoms with Gasteiger partial charge < -0.3 is 5.11 Å². The molecular weight excluding hydrogens is 381 g/mol. The van der Waals surface area contributed by atoms with Crippen LogP contribution in [0.4, 0.5) is 18.0 Å². The quantitative estimate of drug-likeness (QED) is 0.589. The summed E-state index contributed by atoms with van der Waals surface area (Å²) in [6, 6.07) is 5.82. The largest absolute Gasteiger partial charge is 0.464 e. The molecule has 0 radical (unpaired) electrons. The Bertz CT molecular complexity index is 802. The maximum Gasteiger partial charge on any atom is 0.418 e. The van der Waals surface area contributed by atoms with Gasteiger partial charge in [-0.05, 0) is 47.8 Å². The molecule has 1 aromatic carbocycles. The minimum Gasteiger partial charge on any atom is -0.464 e. The minimum absolute atomic E-state index is 0.0285. The number of aromatic nitrogens is 1. The summed E-state index contributed by atoms with van der Waals surface area (Å²) in [7, 11) is 0. The Hall–Kier alpha value is -2.26. The first-order valence-corrected chi connectivity index (χ1v) is 7.81. The van der Waals surface area contributed by atoms with Gasteiger partial charge in [0.05, 0.1) is 17.0 Å². The van der Waals surface area contributed by atoms with Crippen molar-refractivity contribution in [2.45, 2.75) is 17.6 Å². The molecule has 1 heterocycles. The molecule has 1 amide bonds. The lowest BCUT2D eigenvalue weighted by Gasteiger charge is -2.19. The summed E-state index contributed by atoms with van der Waals surface area (Å²) in [4.78, 5) is 26.4. The number of carbonyl (C=O) groups is 2. The Morgan fingerprint density at radius 3 is 2.68 bits per heavy atom. The summed E-state index contributed by atoms with van der Waals surface area (Å²) < 4.78 is 39.3.